The molecule has 0 saturated carbocycles. The Labute approximate surface area is 123 Å². The number of likely N-dealkylation sites (tertiary alicyclic amines) is 1. The largest absolute Gasteiger partial charge is 0.379 e. The van der Waals surface area contributed by atoms with Gasteiger partial charge >= 0.3 is 0 Å². The van der Waals surface area contributed by atoms with Crippen molar-refractivity contribution in [2.75, 3.05) is 39.0 Å². The Hall–Kier alpha value is -2.15. The molecule has 0 bridgehead atoms. The summed E-state index contributed by atoms with van der Waals surface area (Å²) in [6.45, 7) is 2.70. The first-order valence-corrected chi connectivity index (χ1v) is 6.94. The summed E-state index contributed by atoms with van der Waals surface area (Å²) in [6.07, 6.45) is 1.08. The molecule has 1 aliphatic rings. The second-order valence-electron chi connectivity index (χ2n) is 5.37. The topological polar surface area (TPSA) is 87.5 Å². The van der Waals surface area contributed by atoms with Crippen LogP contribution >= 0.6 is 0 Å². The van der Waals surface area contributed by atoms with Crippen LogP contribution in [-0.4, -0.2) is 49.5 Å². The maximum absolute atomic E-state index is 11.6. The van der Waals surface area contributed by atoms with Gasteiger partial charge in [0.25, 0.3) is 11.6 Å². The third kappa shape index (κ3) is 3.69. The van der Waals surface area contributed by atoms with E-state index in [4.69, 9.17) is 0 Å². The molecular weight excluding hydrogens is 272 g/mol. The zero-order valence-electron chi connectivity index (χ0n) is 12.3. The van der Waals surface area contributed by atoms with Gasteiger partial charge in [0, 0.05) is 31.8 Å². The molecule has 0 aromatic heterocycles. The average Bonchev–Trinajstić information content (AvgIpc) is 2.89. The van der Waals surface area contributed by atoms with E-state index in [0.717, 1.165) is 19.5 Å². The van der Waals surface area contributed by atoms with Gasteiger partial charge in [-0.25, -0.2) is 0 Å². The van der Waals surface area contributed by atoms with Gasteiger partial charge in [0.15, 0.2) is 0 Å². The minimum Gasteiger partial charge on any atom is -0.379 e. The number of nitrogens with zero attached hydrogens (tertiary/aromatic N) is 2. The van der Waals surface area contributed by atoms with Crippen LogP contribution in [0.2, 0.25) is 0 Å². The summed E-state index contributed by atoms with van der Waals surface area (Å²) in [5, 5.41) is 16.7. The highest BCUT2D eigenvalue weighted by atomic mass is 16.6. The summed E-state index contributed by atoms with van der Waals surface area (Å²) >= 11 is 0. The van der Waals surface area contributed by atoms with Crippen LogP contribution in [0.1, 0.15) is 16.8 Å². The maximum Gasteiger partial charge on any atom is 0.292 e. The Morgan fingerprint density at radius 3 is 2.86 bits per heavy atom. The molecular formula is C14H20N4O3. The Morgan fingerprint density at radius 2 is 2.29 bits per heavy atom. The Bertz CT molecular complexity index is 547. The van der Waals surface area contributed by atoms with E-state index in [1.54, 1.807) is 0 Å². The van der Waals surface area contributed by atoms with E-state index in [1.165, 1.54) is 25.2 Å². The van der Waals surface area contributed by atoms with E-state index in [-0.39, 0.29) is 11.6 Å². The SMILES string of the molecule is CNC(=O)c1ccc([N+](=O)[O-])c(NCC2CCN(C)C2)c1. The molecule has 1 heterocycles. The number of benzene rings is 1. The van der Waals surface area contributed by atoms with Gasteiger partial charge in [0.2, 0.25) is 0 Å². The molecule has 0 radical (unpaired) electrons. The van der Waals surface area contributed by atoms with Gasteiger partial charge in [-0.15, -0.1) is 0 Å². The van der Waals surface area contributed by atoms with E-state index >= 15 is 0 Å². The number of hydrogen-bond donors (Lipinski definition) is 2. The van der Waals surface area contributed by atoms with Gasteiger partial charge in [-0.2, -0.15) is 0 Å². The van der Waals surface area contributed by atoms with E-state index in [9.17, 15) is 14.9 Å². The number of hydrogen-bond acceptors (Lipinski definition) is 5. The Balaban J connectivity index is 2.14. The fraction of sp³-hybridized carbons (Fsp3) is 0.500. The van der Waals surface area contributed by atoms with Crippen molar-refractivity contribution in [3.63, 3.8) is 0 Å². The Kier molecular flexibility index (Phi) is 4.74. The van der Waals surface area contributed by atoms with E-state index in [2.05, 4.69) is 22.6 Å². The minimum absolute atomic E-state index is 0.00555. The molecule has 1 atom stereocenters. The van der Waals surface area contributed by atoms with Crippen LogP contribution in [0.3, 0.4) is 0 Å². The molecule has 0 aliphatic carbocycles. The number of nitrogens with one attached hydrogen (secondary N) is 2. The number of carbonyl (C=O) groups excluding carboxylic acids is 1. The molecule has 1 amide bonds. The second-order valence-corrected chi connectivity index (χ2v) is 5.37. The number of amides is 1. The molecule has 7 nitrogen and oxygen atoms in total. The van der Waals surface area contributed by atoms with Crippen molar-refractivity contribution in [3.8, 4) is 0 Å². The minimum atomic E-state index is -0.434. The summed E-state index contributed by atoms with van der Waals surface area (Å²) in [5.74, 6) is 0.215. The number of nitro groups is 1. The molecule has 7 heteroatoms. The lowest BCUT2D eigenvalue weighted by molar-refractivity contribution is -0.384. The number of rotatable bonds is 5. The standard InChI is InChI=1S/C14H20N4O3/c1-15-14(19)11-3-4-13(18(20)21)12(7-11)16-8-10-5-6-17(2)9-10/h3-4,7,10,16H,5-6,8-9H2,1-2H3,(H,15,19). The van der Waals surface area contributed by atoms with Gasteiger partial charge in [-0.3, -0.25) is 14.9 Å². The van der Waals surface area contributed by atoms with Crippen LogP contribution in [-0.2, 0) is 0 Å². The van der Waals surface area contributed by atoms with Gasteiger partial charge in [-0.1, -0.05) is 0 Å². The van der Waals surface area contributed by atoms with Crippen LogP contribution in [0.15, 0.2) is 18.2 Å². The lowest BCUT2D eigenvalue weighted by Crippen LogP contribution is -2.20. The lowest BCUT2D eigenvalue weighted by Gasteiger charge is -2.13. The van der Waals surface area contributed by atoms with Gasteiger partial charge < -0.3 is 15.5 Å². The normalized spacial score (nSPS) is 18.5. The molecule has 1 aromatic carbocycles. The number of anilines is 1. The lowest BCUT2D eigenvalue weighted by atomic mass is 10.1. The number of nitro benzene ring substituents is 1. The van der Waals surface area contributed by atoms with Crippen molar-refractivity contribution in [3.05, 3.63) is 33.9 Å². The monoisotopic (exact) mass is 292 g/mol. The first-order valence-electron chi connectivity index (χ1n) is 6.94. The van der Waals surface area contributed by atoms with Crippen molar-refractivity contribution in [1.82, 2.24) is 10.2 Å². The molecule has 1 aromatic rings. The van der Waals surface area contributed by atoms with Crippen molar-refractivity contribution in [1.29, 1.82) is 0 Å². The van der Waals surface area contributed by atoms with Crippen molar-refractivity contribution < 1.29 is 9.72 Å². The zero-order chi connectivity index (χ0) is 15.4. The van der Waals surface area contributed by atoms with Crippen LogP contribution in [0, 0.1) is 16.0 Å². The van der Waals surface area contributed by atoms with Gasteiger partial charge in [0.1, 0.15) is 5.69 Å². The molecule has 2 N–H and O–H groups in total. The molecule has 1 aliphatic heterocycles. The van der Waals surface area contributed by atoms with E-state index in [0.29, 0.717) is 23.7 Å². The molecule has 0 spiro atoms. The maximum atomic E-state index is 11.6. The zero-order valence-corrected chi connectivity index (χ0v) is 12.3. The first-order chi connectivity index (χ1) is 10.0. The third-order valence-corrected chi connectivity index (χ3v) is 3.75. The molecule has 1 unspecified atom stereocenters. The molecule has 1 saturated heterocycles. The fourth-order valence-corrected chi connectivity index (χ4v) is 2.57. The molecule has 21 heavy (non-hydrogen) atoms. The number of carbonyl (C=O) groups is 1. The average molecular weight is 292 g/mol. The van der Waals surface area contributed by atoms with Crippen LogP contribution in [0.4, 0.5) is 11.4 Å². The fourth-order valence-electron chi connectivity index (χ4n) is 2.57. The van der Waals surface area contributed by atoms with Crippen LogP contribution in [0.5, 0.6) is 0 Å². The predicted octanol–water partition coefficient (Wildman–Crippen LogP) is 1.32. The van der Waals surface area contributed by atoms with E-state index in [1.807, 2.05) is 0 Å². The second kappa shape index (κ2) is 6.53. The summed E-state index contributed by atoms with van der Waals surface area (Å²) in [4.78, 5) is 24.5. The summed E-state index contributed by atoms with van der Waals surface area (Å²) in [5.41, 5.74) is 0.804. The Morgan fingerprint density at radius 1 is 1.52 bits per heavy atom. The van der Waals surface area contributed by atoms with Crippen molar-refractivity contribution >= 4 is 17.3 Å². The van der Waals surface area contributed by atoms with Crippen LogP contribution < -0.4 is 10.6 Å². The highest BCUT2D eigenvalue weighted by Crippen LogP contribution is 2.26. The predicted molar refractivity (Wildman–Crippen MR) is 80.6 cm³/mol. The molecule has 1 fully saturated rings. The summed E-state index contributed by atoms with van der Waals surface area (Å²) < 4.78 is 0. The first kappa shape index (κ1) is 15.2. The quantitative estimate of drug-likeness (QED) is 0.631. The van der Waals surface area contributed by atoms with Gasteiger partial charge in [0.05, 0.1) is 4.92 Å². The van der Waals surface area contributed by atoms with Crippen molar-refractivity contribution in [2.45, 2.75) is 6.42 Å². The molecule has 2 rings (SSSR count). The highest BCUT2D eigenvalue weighted by Gasteiger charge is 2.21. The highest BCUT2D eigenvalue weighted by molar-refractivity contribution is 5.95. The smallest absolute Gasteiger partial charge is 0.292 e. The van der Waals surface area contributed by atoms with Crippen molar-refractivity contribution in [2.24, 2.45) is 5.92 Å². The van der Waals surface area contributed by atoms with Crippen LogP contribution in [0.25, 0.3) is 0 Å². The summed E-state index contributed by atoms with van der Waals surface area (Å²) in [7, 11) is 3.60. The third-order valence-electron chi connectivity index (χ3n) is 3.75. The molecule has 114 valence electrons. The van der Waals surface area contributed by atoms with E-state index < -0.39 is 4.92 Å². The summed E-state index contributed by atoms with van der Waals surface area (Å²) in [6, 6.07) is 4.37. The van der Waals surface area contributed by atoms with Gasteiger partial charge in [-0.05, 0) is 38.1 Å².